The number of ketones is 1. The standard InChI is InChI=1S/C14H19N3O2/c1-10(18)13-3-2-12(9-16-13)17-6-4-11(5-7-17)8-14(15)19/h2-3,9,11H,4-8H2,1H3,(H2,15,19). The van der Waals surface area contributed by atoms with Crippen LogP contribution in [0.5, 0.6) is 0 Å². The van der Waals surface area contributed by atoms with Crippen molar-refractivity contribution >= 4 is 17.4 Å². The van der Waals surface area contributed by atoms with E-state index in [1.807, 2.05) is 6.07 Å². The number of hydrogen-bond acceptors (Lipinski definition) is 4. The Morgan fingerprint density at radius 2 is 2.05 bits per heavy atom. The van der Waals surface area contributed by atoms with Crippen LogP contribution in [0.2, 0.25) is 0 Å². The number of nitrogens with zero attached hydrogens (tertiary/aromatic N) is 2. The van der Waals surface area contributed by atoms with Crippen molar-refractivity contribution in [1.29, 1.82) is 0 Å². The molecule has 0 aromatic carbocycles. The van der Waals surface area contributed by atoms with Gasteiger partial charge >= 0.3 is 0 Å². The molecular weight excluding hydrogens is 242 g/mol. The molecule has 5 nitrogen and oxygen atoms in total. The number of Topliss-reactive ketones (excluding diaryl/α,β-unsaturated/α-hetero) is 1. The van der Waals surface area contributed by atoms with Crippen LogP contribution in [0.4, 0.5) is 5.69 Å². The summed E-state index contributed by atoms with van der Waals surface area (Å²) < 4.78 is 0. The zero-order valence-corrected chi connectivity index (χ0v) is 11.1. The third kappa shape index (κ3) is 3.53. The summed E-state index contributed by atoms with van der Waals surface area (Å²) in [4.78, 5) is 28.4. The molecular formula is C14H19N3O2. The first-order valence-corrected chi connectivity index (χ1v) is 6.56. The number of hydrogen-bond donors (Lipinski definition) is 1. The number of pyridine rings is 1. The average Bonchev–Trinajstić information content (AvgIpc) is 2.39. The van der Waals surface area contributed by atoms with Crippen LogP contribution in [0.15, 0.2) is 18.3 Å². The molecule has 0 bridgehead atoms. The smallest absolute Gasteiger partial charge is 0.217 e. The molecule has 1 saturated heterocycles. The van der Waals surface area contributed by atoms with Gasteiger partial charge in [0.15, 0.2) is 5.78 Å². The molecule has 5 heteroatoms. The van der Waals surface area contributed by atoms with Crippen molar-refractivity contribution in [2.75, 3.05) is 18.0 Å². The SMILES string of the molecule is CC(=O)c1ccc(N2CCC(CC(N)=O)CC2)cn1. The second kappa shape index (κ2) is 5.82. The first-order chi connectivity index (χ1) is 9.06. The molecule has 1 aliphatic rings. The first kappa shape index (κ1) is 13.5. The molecule has 0 unspecified atom stereocenters. The van der Waals surface area contributed by atoms with Gasteiger partial charge in [-0.25, -0.2) is 0 Å². The van der Waals surface area contributed by atoms with Gasteiger partial charge in [-0.1, -0.05) is 0 Å². The molecule has 1 aliphatic heterocycles. The summed E-state index contributed by atoms with van der Waals surface area (Å²) in [6.45, 7) is 3.31. The Hall–Kier alpha value is -1.91. The summed E-state index contributed by atoms with van der Waals surface area (Å²) in [5, 5.41) is 0. The summed E-state index contributed by atoms with van der Waals surface area (Å²) in [6, 6.07) is 3.69. The number of nitrogens with two attached hydrogens (primary N) is 1. The lowest BCUT2D eigenvalue weighted by molar-refractivity contribution is -0.119. The Kier molecular flexibility index (Phi) is 4.14. The van der Waals surface area contributed by atoms with Gasteiger partial charge < -0.3 is 10.6 Å². The molecule has 1 amide bonds. The van der Waals surface area contributed by atoms with Crippen LogP contribution in [0.3, 0.4) is 0 Å². The lowest BCUT2D eigenvalue weighted by Gasteiger charge is -2.33. The third-order valence-corrected chi connectivity index (χ3v) is 3.58. The third-order valence-electron chi connectivity index (χ3n) is 3.58. The van der Waals surface area contributed by atoms with Crippen LogP contribution in [0.25, 0.3) is 0 Å². The van der Waals surface area contributed by atoms with Gasteiger partial charge in [0.2, 0.25) is 5.91 Å². The van der Waals surface area contributed by atoms with Crippen LogP contribution in [-0.4, -0.2) is 29.8 Å². The molecule has 102 valence electrons. The highest BCUT2D eigenvalue weighted by Crippen LogP contribution is 2.24. The number of anilines is 1. The van der Waals surface area contributed by atoms with E-state index in [1.54, 1.807) is 12.3 Å². The van der Waals surface area contributed by atoms with Crippen molar-refractivity contribution in [2.24, 2.45) is 11.7 Å². The Morgan fingerprint density at radius 1 is 1.37 bits per heavy atom. The van der Waals surface area contributed by atoms with Gasteiger partial charge in [0.25, 0.3) is 0 Å². The van der Waals surface area contributed by atoms with E-state index in [4.69, 9.17) is 5.73 Å². The van der Waals surface area contributed by atoms with E-state index < -0.39 is 0 Å². The van der Waals surface area contributed by atoms with E-state index in [9.17, 15) is 9.59 Å². The van der Waals surface area contributed by atoms with Crippen molar-refractivity contribution < 1.29 is 9.59 Å². The summed E-state index contributed by atoms with van der Waals surface area (Å²) in [6.07, 6.45) is 4.16. The molecule has 0 saturated carbocycles. The van der Waals surface area contributed by atoms with Crippen molar-refractivity contribution in [3.63, 3.8) is 0 Å². The number of piperidine rings is 1. The normalized spacial score (nSPS) is 16.4. The van der Waals surface area contributed by atoms with E-state index >= 15 is 0 Å². The fourth-order valence-electron chi connectivity index (χ4n) is 2.46. The zero-order valence-electron chi connectivity index (χ0n) is 11.1. The highest BCUT2D eigenvalue weighted by molar-refractivity contribution is 5.92. The summed E-state index contributed by atoms with van der Waals surface area (Å²) >= 11 is 0. The maximum atomic E-state index is 11.2. The van der Waals surface area contributed by atoms with Gasteiger partial charge in [-0.2, -0.15) is 0 Å². The minimum Gasteiger partial charge on any atom is -0.370 e. The van der Waals surface area contributed by atoms with Crippen LogP contribution in [0, 0.1) is 5.92 Å². The second-order valence-corrected chi connectivity index (χ2v) is 5.06. The van der Waals surface area contributed by atoms with Crippen LogP contribution in [0.1, 0.15) is 36.7 Å². The first-order valence-electron chi connectivity index (χ1n) is 6.56. The molecule has 0 aliphatic carbocycles. The van der Waals surface area contributed by atoms with Crippen LogP contribution >= 0.6 is 0 Å². The molecule has 0 radical (unpaired) electrons. The molecule has 2 N–H and O–H groups in total. The number of carbonyl (C=O) groups is 2. The molecule has 0 spiro atoms. The number of aromatic nitrogens is 1. The van der Waals surface area contributed by atoms with E-state index in [-0.39, 0.29) is 11.7 Å². The van der Waals surface area contributed by atoms with Gasteiger partial charge in [0.05, 0.1) is 11.9 Å². The number of carbonyl (C=O) groups excluding carboxylic acids is 2. The maximum Gasteiger partial charge on any atom is 0.217 e. The second-order valence-electron chi connectivity index (χ2n) is 5.06. The number of primary amides is 1. The fourth-order valence-corrected chi connectivity index (χ4v) is 2.46. The molecule has 1 aromatic rings. The quantitative estimate of drug-likeness (QED) is 0.831. The Morgan fingerprint density at radius 3 is 2.53 bits per heavy atom. The van der Waals surface area contributed by atoms with Crippen molar-refractivity contribution in [2.45, 2.75) is 26.2 Å². The van der Waals surface area contributed by atoms with Gasteiger partial charge in [-0.05, 0) is 30.9 Å². The minimum absolute atomic E-state index is 0.0216. The van der Waals surface area contributed by atoms with E-state index in [1.165, 1.54) is 6.92 Å². The maximum absolute atomic E-state index is 11.2. The minimum atomic E-state index is -0.217. The monoisotopic (exact) mass is 261 g/mol. The average molecular weight is 261 g/mol. The zero-order chi connectivity index (χ0) is 13.8. The molecule has 2 heterocycles. The largest absolute Gasteiger partial charge is 0.370 e. The van der Waals surface area contributed by atoms with E-state index in [0.717, 1.165) is 31.6 Å². The van der Waals surface area contributed by atoms with Gasteiger partial charge in [-0.15, -0.1) is 0 Å². The summed E-state index contributed by atoms with van der Waals surface area (Å²) in [5.41, 5.74) is 6.74. The van der Waals surface area contributed by atoms with Crippen molar-refractivity contribution in [3.8, 4) is 0 Å². The number of rotatable bonds is 4. The van der Waals surface area contributed by atoms with Crippen molar-refractivity contribution in [3.05, 3.63) is 24.0 Å². The van der Waals surface area contributed by atoms with E-state index in [0.29, 0.717) is 18.0 Å². The van der Waals surface area contributed by atoms with Crippen LogP contribution in [-0.2, 0) is 4.79 Å². The molecule has 1 aromatic heterocycles. The summed E-state index contributed by atoms with van der Waals surface area (Å²) in [5.74, 6) is 0.163. The van der Waals surface area contributed by atoms with E-state index in [2.05, 4.69) is 9.88 Å². The Bertz CT molecular complexity index is 462. The molecule has 0 atom stereocenters. The highest BCUT2D eigenvalue weighted by Gasteiger charge is 2.21. The van der Waals surface area contributed by atoms with Gasteiger partial charge in [-0.3, -0.25) is 14.6 Å². The van der Waals surface area contributed by atoms with Gasteiger partial charge in [0, 0.05) is 26.4 Å². The van der Waals surface area contributed by atoms with Crippen LogP contribution < -0.4 is 10.6 Å². The Labute approximate surface area is 112 Å². The lowest BCUT2D eigenvalue weighted by atomic mass is 9.93. The topological polar surface area (TPSA) is 76.3 Å². The molecule has 1 fully saturated rings. The highest BCUT2D eigenvalue weighted by atomic mass is 16.1. The fraction of sp³-hybridized carbons (Fsp3) is 0.500. The lowest BCUT2D eigenvalue weighted by Crippen LogP contribution is -2.35. The van der Waals surface area contributed by atoms with Crippen molar-refractivity contribution in [1.82, 2.24) is 4.98 Å². The number of amides is 1. The summed E-state index contributed by atoms with van der Waals surface area (Å²) in [7, 11) is 0. The Balaban J connectivity index is 1.94. The molecule has 19 heavy (non-hydrogen) atoms. The molecule has 2 rings (SSSR count). The predicted octanol–water partition coefficient (Wildman–Crippen LogP) is 1.38. The predicted molar refractivity (Wildman–Crippen MR) is 73.0 cm³/mol. The van der Waals surface area contributed by atoms with Gasteiger partial charge in [0.1, 0.15) is 5.69 Å².